The molecule has 0 aliphatic carbocycles. The Balaban J connectivity index is 1.61. The van der Waals surface area contributed by atoms with Crippen molar-refractivity contribution in [1.82, 2.24) is 15.2 Å². The zero-order chi connectivity index (χ0) is 19.7. The molecular weight excluding hydrogens is 380 g/mol. The summed E-state index contributed by atoms with van der Waals surface area (Å²) in [4.78, 5) is 26.8. The van der Waals surface area contributed by atoms with Gasteiger partial charge in [-0.05, 0) is 36.8 Å². The minimum atomic E-state index is -0.461. The largest absolute Gasteiger partial charge is 0.467 e. The molecular formula is C20H21ClN4O3. The summed E-state index contributed by atoms with van der Waals surface area (Å²) in [6.07, 6.45) is 2.14. The first kappa shape index (κ1) is 18.7. The van der Waals surface area contributed by atoms with Gasteiger partial charge in [-0.25, -0.2) is 5.01 Å². The van der Waals surface area contributed by atoms with Crippen LogP contribution in [0.3, 0.4) is 0 Å². The van der Waals surface area contributed by atoms with E-state index in [-0.39, 0.29) is 24.4 Å². The van der Waals surface area contributed by atoms with Crippen molar-refractivity contribution in [2.45, 2.75) is 25.4 Å². The maximum atomic E-state index is 13.3. The molecule has 1 fully saturated rings. The van der Waals surface area contributed by atoms with Crippen LogP contribution in [0.4, 0.5) is 0 Å². The SMILES string of the molecule is C[C@@H](C(=O)N1N=C(c2ccc(Cl)cc2)C[C@H]1c1ccco1)N1CCNC(=O)C1. The van der Waals surface area contributed by atoms with E-state index in [0.29, 0.717) is 30.3 Å². The van der Waals surface area contributed by atoms with Gasteiger partial charge < -0.3 is 9.73 Å². The number of piperazine rings is 1. The predicted molar refractivity (Wildman–Crippen MR) is 105 cm³/mol. The Morgan fingerprint density at radius 2 is 2.11 bits per heavy atom. The number of carbonyl (C=O) groups excluding carboxylic acids is 2. The van der Waals surface area contributed by atoms with Crippen LogP contribution in [-0.4, -0.2) is 53.1 Å². The first-order chi connectivity index (χ1) is 13.5. The van der Waals surface area contributed by atoms with E-state index < -0.39 is 6.04 Å². The van der Waals surface area contributed by atoms with Crippen LogP contribution < -0.4 is 5.32 Å². The van der Waals surface area contributed by atoms with Crippen LogP contribution in [0.5, 0.6) is 0 Å². The lowest BCUT2D eigenvalue weighted by Crippen LogP contribution is -2.55. The van der Waals surface area contributed by atoms with Crippen LogP contribution in [0.15, 0.2) is 52.2 Å². The molecule has 1 N–H and O–H groups in total. The minimum Gasteiger partial charge on any atom is -0.467 e. The number of hydrazone groups is 1. The van der Waals surface area contributed by atoms with E-state index in [1.54, 1.807) is 24.5 Å². The van der Waals surface area contributed by atoms with E-state index in [0.717, 1.165) is 11.3 Å². The van der Waals surface area contributed by atoms with Gasteiger partial charge in [-0.1, -0.05) is 23.7 Å². The lowest BCUT2D eigenvalue weighted by molar-refractivity contribution is -0.140. The monoisotopic (exact) mass is 400 g/mol. The molecule has 2 aliphatic rings. The number of nitrogens with one attached hydrogen (secondary N) is 1. The predicted octanol–water partition coefficient (Wildman–Crippen LogP) is 2.43. The van der Waals surface area contributed by atoms with Gasteiger partial charge in [0.1, 0.15) is 11.8 Å². The second-order valence-corrected chi connectivity index (χ2v) is 7.40. The molecule has 1 saturated heterocycles. The highest BCUT2D eigenvalue weighted by atomic mass is 35.5. The third-order valence-electron chi connectivity index (χ3n) is 5.16. The van der Waals surface area contributed by atoms with Gasteiger partial charge in [-0.3, -0.25) is 14.5 Å². The summed E-state index contributed by atoms with van der Waals surface area (Å²) in [6.45, 7) is 3.19. The van der Waals surface area contributed by atoms with Gasteiger partial charge in [0.25, 0.3) is 5.91 Å². The first-order valence-corrected chi connectivity index (χ1v) is 9.61. The molecule has 0 bridgehead atoms. The molecule has 0 unspecified atom stereocenters. The number of hydrogen-bond donors (Lipinski definition) is 1. The Morgan fingerprint density at radius 3 is 2.79 bits per heavy atom. The minimum absolute atomic E-state index is 0.0692. The molecule has 7 nitrogen and oxygen atoms in total. The Labute approximate surface area is 167 Å². The molecule has 2 aliphatic heterocycles. The summed E-state index contributed by atoms with van der Waals surface area (Å²) in [7, 11) is 0. The van der Waals surface area contributed by atoms with E-state index in [1.165, 1.54) is 5.01 Å². The Bertz CT molecular complexity index is 895. The zero-order valence-electron chi connectivity index (χ0n) is 15.5. The number of nitrogens with zero attached hydrogens (tertiary/aromatic N) is 3. The number of rotatable bonds is 4. The molecule has 2 amide bonds. The van der Waals surface area contributed by atoms with Crippen LogP contribution in [0, 0.1) is 0 Å². The standard InChI is InChI=1S/C20H21ClN4O3/c1-13(24-9-8-22-19(26)12-24)20(27)25-17(18-3-2-10-28-18)11-16(23-25)14-4-6-15(21)7-5-14/h2-7,10,13,17H,8-9,11-12H2,1H3,(H,22,26)/t13-,17-/m0/s1. The number of carbonyl (C=O) groups is 2. The molecule has 28 heavy (non-hydrogen) atoms. The topological polar surface area (TPSA) is 78.2 Å². The molecule has 146 valence electrons. The van der Waals surface area contributed by atoms with E-state index in [9.17, 15) is 9.59 Å². The van der Waals surface area contributed by atoms with Gasteiger partial charge in [0.15, 0.2) is 0 Å². The molecule has 0 saturated carbocycles. The van der Waals surface area contributed by atoms with Crippen molar-refractivity contribution in [2.24, 2.45) is 5.10 Å². The number of amides is 2. The molecule has 0 spiro atoms. The van der Waals surface area contributed by atoms with Crippen LogP contribution in [0.1, 0.15) is 30.7 Å². The fourth-order valence-electron chi connectivity index (χ4n) is 3.57. The summed E-state index contributed by atoms with van der Waals surface area (Å²) in [6, 6.07) is 10.3. The van der Waals surface area contributed by atoms with Crippen LogP contribution in [-0.2, 0) is 9.59 Å². The van der Waals surface area contributed by atoms with Crippen molar-refractivity contribution < 1.29 is 14.0 Å². The maximum absolute atomic E-state index is 13.3. The van der Waals surface area contributed by atoms with Crippen molar-refractivity contribution in [3.63, 3.8) is 0 Å². The fraction of sp³-hybridized carbons (Fsp3) is 0.350. The second-order valence-electron chi connectivity index (χ2n) is 6.97. The third-order valence-corrected chi connectivity index (χ3v) is 5.41. The van der Waals surface area contributed by atoms with Crippen molar-refractivity contribution >= 4 is 29.1 Å². The first-order valence-electron chi connectivity index (χ1n) is 9.23. The van der Waals surface area contributed by atoms with E-state index >= 15 is 0 Å². The molecule has 1 aromatic carbocycles. The molecule has 1 aromatic heterocycles. The normalized spacial score (nSPS) is 21.4. The van der Waals surface area contributed by atoms with Crippen LogP contribution >= 0.6 is 11.6 Å². The number of halogens is 1. The summed E-state index contributed by atoms with van der Waals surface area (Å²) in [5, 5.41) is 9.56. The maximum Gasteiger partial charge on any atom is 0.260 e. The van der Waals surface area contributed by atoms with Gasteiger partial charge in [-0.15, -0.1) is 0 Å². The van der Waals surface area contributed by atoms with Crippen molar-refractivity contribution in [1.29, 1.82) is 0 Å². The highest BCUT2D eigenvalue weighted by molar-refractivity contribution is 6.30. The van der Waals surface area contributed by atoms with Gasteiger partial charge in [0.2, 0.25) is 5.91 Å². The van der Waals surface area contributed by atoms with E-state index in [1.807, 2.05) is 30.0 Å². The Hall–Kier alpha value is -2.64. The molecule has 3 heterocycles. The lowest BCUT2D eigenvalue weighted by atomic mass is 10.0. The van der Waals surface area contributed by atoms with Gasteiger partial charge in [0, 0.05) is 24.5 Å². The third kappa shape index (κ3) is 3.68. The average Bonchev–Trinajstić information content (AvgIpc) is 3.37. The number of hydrogen-bond acceptors (Lipinski definition) is 5. The van der Waals surface area contributed by atoms with Crippen LogP contribution in [0.25, 0.3) is 0 Å². The highest BCUT2D eigenvalue weighted by Crippen LogP contribution is 2.34. The van der Waals surface area contributed by atoms with E-state index in [4.69, 9.17) is 16.0 Å². The summed E-state index contributed by atoms with van der Waals surface area (Å²) in [5.41, 5.74) is 1.72. The van der Waals surface area contributed by atoms with Gasteiger partial charge in [0.05, 0.1) is 24.6 Å². The molecule has 0 radical (unpaired) electrons. The van der Waals surface area contributed by atoms with Gasteiger partial charge in [-0.2, -0.15) is 5.10 Å². The highest BCUT2D eigenvalue weighted by Gasteiger charge is 2.38. The molecule has 2 atom stereocenters. The number of furan rings is 1. The quantitative estimate of drug-likeness (QED) is 0.855. The Morgan fingerprint density at radius 1 is 1.32 bits per heavy atom. The van der Waals surface area contributed by atoms with Crippen molar-refractivity contribution in [3.8, 4) is 0 Å². The van der Waals surface area contributed by atoms with Crippen LogP contribution in [0.2, 0.25) is 5.02 Å². The molecule has 2 aromatic rings. The average molecular weight is 401 g/mol. The van der Waals surface area contributed by atoms with Crippen molar-refractivity contribution in [2.75, 3.05) is 19.6 Å². The molecule has 4 rings (SSSR count). The molecule has 8 heteroatoms. The summed E-state index contributed by atoms with van der Waals surface area (Å²) >= 11 is 5.99. The van der Waals surface area contributed by atoms with E-state index in [2.05, 4.69) is 10.4 Å². The Kier molecular flexibility index (Phi) is 5.19. The zero-order valence-corrected chi connectivity index (χ0v) is 16.2. The van der Waals surface area contributed by atoms with Crippen molar-refractivity contribution in [3.05, 3.63) is 59.0 Å². The second kappa shape index (κ2) is 7.77. The number of benzene rings is 1. The fourth-order valence-corrected chi connectivity index (χ4v) is 3.70. The summed E-state index contributed by atoms with van der Waals surface area (Å²) < 4.78 is 5.58. The summed E-state index contributed by atoms with van der Waals surface area (Å²) in [5.74, 6) is 0.463. The van der Waals surface area contributed by atoms with Gasteiger partial charge >= 0.3 is 0 Å². The lowest BCUT2D eigenvalue weighted by Gasteiger charge is -2.33. The smallest absolute Gasteiger partial charge is 0.260 e.